The van der Waals surface area contributed by atoms with Gasteiger partial charge in [0, 0.05) is 47.1 Å². The first-order valence-corrected chi connectivity index (χ1v) is 13.3. The number of nitrogens with one attached hydrogen (secondary N) is 1. The second-order valence-corrected chi connectivity index (χ2v) is 10.8. The number of nitrogens with zero attached hydrogens (tertiary/aromatic N) is 2. The van der Waals surface area contributed by atoms with Crippen molar-refractivity contribution in [3.05, 3.63) is 66.7 Å². The van der Waals surface area contributed by atoms with Gasteiger partial charge in [-0.3, -0.25) is 4.79 Å². The first kappa shape index (κ1) is 23.4. The number of aromatic nitrogens is 1. The molecule has 0 aliphatic carbocycles. The molecule has 1 N–H and O–H groups in total. The van der Waals surface area contributed by atoms with Crippen LogP contribution in [-0.2, 0) is 21.4 Å². The van der Waals surface area contributed by atoms with Crippen molar-refractivity contribution in [1.82, 2.24) is 8.87 Å². The van der Waals surface area contributed by atoms with Crippen molar-refractivity contribution in [3.8, 4) is 5.75 Å². The Labute approximate surface area is 205 Å². The van der Waals surface area contributed by atoms with Crippen molar-refractivity contribution in [2.45, 2.75) is 31.2 Å². The summed E-state index contributed by atoms with van der Waals surface area (Å²) >= 11 is 0. The molecule has 1 aliphatic heterocycles. The predicted molar refractivity (Wildman–Crippen MR) is 138 cm³/mol. The molecule has 0 bridgehead atoms. The highest BCUT2D eigenvalue weighted by molar-refractivity contribution is 7.89. The van der Waals surface area contributed by atoms with Gasteiger partial charge in [0.15, 0.2) is 0 Å². The quantitative estimate of drug-likeness (QED) is 0.418. The molecule has 4 aromatic rings. The Bertz CT molecular complexity index is 1490. The minimum Gasteiger partial charge on any atom is -0.497 e. The average Bonchev–Trinajstić information content (AvgIpc) is 3.21. The van der Waals surface area contributed by atoms with Crippen LogP contribution in [-0.4, -0.2) is 43.4 Å². The lowest BCUT2D eigenvalue weighted by Crippen LogP contribution is -2.43. The zero-order chi connectivity index (χ0) is 24.6. The zero-order valence-corrected chi connectivity index (χ0v) is 20.7. The van der Waals surface area contributed by atoms with E-state index in [9.17, 15) is 13.2 Å². The van der Waals surface area contributed by atoms with Gasteiger partial charge >= 0.3 is 0 Å². The van der Waals surface area contributed by atoms with Gasteiger partial charge in [0.25, 0.3) is 0 Å². The number of anilines is 1. The van der Waals surface area contributed by atoms with Crippen molar-refractivity contribution >= 4 is 43.4 Å². The molecular weight excluding hydrogens is 462 g/mol. The molecule has 0 saturated carbocycles. The summed E-state index contributed by atoms with van der Waals surface area (Å²) in [6.07, 6.45) is 1.29. The third kappa shape index (κ3) is 4.28. The van der Waals surface area contributed by atoms with E-state index in [4.69, 9.17) is 4.74 Å². The van der Waals surface area contributed by atoms with Crippen LogP contribution >= 0.6 is 0 Å². The highest BCUT2D eigenvalue weighted by Gasteiger charge is 2.33. The van der Waals surface area contributed by atoms with Crippen LogP contribution in [0.25, 0.3) is 21.8 Å². The van der Waals surface area contributed by atoms with E-state index in [1.165, 1.54) is 16.9 Å². The molecule has 1 fully saturated rings. The van der Waals surface area contributed by atoms with Gasteiger partial charge in [0.1, 0.15) is 5.75 Å². The van der Waals surface area contributed by atoms with E-state index in [1.54, 1.807) is 24.3 Å². The molecule has 2 heterocycles. The Balaban J connectivity index is 1.35. The van der Waals surface area contributed by atoms with Crippen LogP contribution in [0.2, 0.25) is 0 Å². The maximum atomic E-state index is 13.2. The number of methoxy groups -OCH3 is 1. The fourth-order valence-electron chi connectivity index (χ4n) is 4.99. The summed E-state index contributed by atoms with van der Waals surface area (Å²) in [4.78, 5) is 13.4. The molecule has 1 aliphatic rings. The third-order valence-electron chi connectivity index (χ3n) is 6.81. The Kier molecular flexibility index (Phi) is 6.25. The largest absolute Gasteiger partial charge is 0.497 e. The lowest BCUT2D eigenvalue weighted by molar-refractivity contribution is -0.120. The molecule has 5 rings (SSSR count). The minimum absolute atomic E-state index is 0.154. The van der Waals surface area contributed by atoms with E-state index in [0.29, 0.717) is 25.1 Å². The van der Waals surface area contributed by atoms with Crippen LogP contribution in [0.3, 0.4) is 0 Å². The molecule has 35 heavy (non-hydrogen) atoms. The number of aryl methyl sites for hydroxylation is 1. The summed E-state index contributed by atoms with van der Waals surface area (Å²) in [6, 6.07) is 20.6. The van der Waals surface area contributed by atoms with E-state index >= 15 is 0 Å². The molecule has 182 valence electrons. The second-order valence-electron chi connectivity index (χ2n) is 8.86. The molecular formula is C27H29N3O4S. The van der Waals surface area contributed by atoms with E-state index in [0.717, 1.165) is 28.5 Å². The fraction of sp³-hybridized carbons (Fsp3) is 0.296. The number of hydrogen-bond acceptors (Lipinski definition) is 4. The van der Waals surface area contributed by atoms with Gasteiger partial charge in [0.05, 0.1) is 17.9 Å². The number of para-hydroxylation sites is 1. The van der Waals surface area contributed by atoms with Gasteiger partial charge < -0.3 is 14.6 Å². The molecule has 1 amide bonds. The number of sulfonamides is 1. The number of benzene rings is 3. The number of piperidine rings is 1. The molecule has 1 aromatic heterocycles. The summed E-state index contributed by atoms with van der Waals surface area (Å²) in [6.45, 7) is 3.55. The molecule has 7 nitrogen and oxygen atoms in total. The molecule has 0 unspecified atom stereocenters. The van der Waals surface area contributed by atoms with Crippen molar-refractivity contribution in [2.75, 3.05) is 25.5 Å². The number of hydrogen-bond donors (Lipinski definition) is 1. The lowest BCUT2D eigenvalue weighted by Gasteiger charge is -2.31. The summed E-state index contributed by atoms with van der Waals surface area (Å²) < 4.78 is 35.1. The Morgan fingerprint density at radius 2 is 1.77 bits per heavy atom. The van der Waals surface area contributed by atoms with Gasteiger partial charge in [0.2, 0.25) is 15.9 Å². The standard InChI is InChI=1S/C27H29N3O4S/c1-3-30-25-9-5-4-8-23(25)24-17-20(10-15-26(24)30)28-27(31)19-7-6-16-29(18-19)35(32,33)22-13-11-21(34-2)12-14-22/h4-5,8-15,17,19H,3,6-7,16,18H2,1-2H3,(H,28,31)/t19-/m1/s1. The molecule has 0 spiro atoms. The first-order valence-electron chi connectivity index (χ1n) is 11.9. The Hall–Kier alpha value is -3.36. The fourth-order valence-corrected chi connectivity index (χ4v) is 6.51. The van der Waals surface area contributed by atoms with Crippen molar-refractivity contribution in [2.24, 2.45) is 5.92 Å². The van der Waals surface area contributed by atoms with Crippen LogP contribution in [0, 0.1) is 5.92 Å². The highest BCUT2D eigenvalue weighted by Crippen LogP contribution is 2.32. The van der Waals surface area contributed by atoms with E-state index in [-0.39, 0.29) is 17.3 Å². The van der Waals surface area contributed by atoms with Crippen molar-refractivity contribution < 1.29 is 17.9 Å². The molecule has 1 saturated heterocycles. The smallest absolute Gasteiger partial charge is 0.243 e. The Morgan fingerprint density at radius 1 is 1.03 bits per heavy atom. The number of amides is 1. The van der Waals surface area contributed by atoms with Crippen molar-refractivity contribution in [1.29, 1.82) is 0 Å². The topological polar surface area (TPSA) is 80.6 Å². The van der Waals surface area contributed by atoms with Crippen LogP contribution < -0.4 is 10.1 Å². The van der Waals surface area contributed by atoms with Crippen LogP contribution in [0.4, 0.5) is 5.69 Å². The van der Waals surface area contributed by atoms with Gasteiger partial charge in [-0.05, 0) is 68.3 Å². The SMILES string of the molecule is CCn1c2ccccc2c2cc(NC(=O)[C@@H]3CCCN(S(=O)(=O)c4ccc(OC)cc4)C3)ccc21. The normalized spacial score (nSPS) is 17.0. The van der Waals surface area contributed by atoms with Gasteiger partial charge in [-0.25, -0.2) is 8.42 Å². The van der Waals surface area contributed by atoms with Gasteiger partial charge in [-0.1, -0.05) is 18.2 Å². The predicted octanol–water partition coefficient (Wildman–Crippen LogP) is 4.86. The van der Waals surface area contributed by atoms with E-state index in [2.05, 4.69) is 28.9 Å². The maximum Gasteiger partial charge on any atom is 0.243 e. The Morgan fingerprint density at radius 3 is 2.51 bits per heavy atom. The third-order valence-corrected chi connectivity index (χ3v) is 8.69. The van der Waals surface area contributed by atoms with Crippen molar-refractivity contribution in [3.63, 3.8) is 0 Å². The van der Waals surface area contributed by atoms with Gasteiger partial charge in [-0.2, -0.15) is 4.31 Å². The second kappa shape index (κ2) is 9.36. The number of ether oxygens (including phenoxy) is 1. The molecule has 1 atom stereocenters. The van der Waals surface area contributed by atoms with E-state index < -0.39 is 15.9 Å². The summed E-state index contributed by atoms with van der Waals surface area (Å²) in [5, 5.41) is 5.27. The molecule has 3 aromatic carbocycles. The summed E-state index contributed by atoms with van der Waals surface area (Å²) in [7, 11) is -2.15. The van der Waals surface area contributed by atoms with Crippen LogP contribution in [0.5, 0.6) is 5.75 Å². The van der Waals surface area contributed by atoms with Gasteiger partial charge in [-0.15, -0.1) is 0 Å². The highest BCUT2D eigenvalue weighted by atomic mass is 32.2. The molecule has 0 radical (unpaired) electrons. The monoisotopic (exact) mass is 491 g/mol. The average molecular weight is 492 g/mol. The minimum atomic E-state index is -3.68. The van der Waals surface area contributed by atoms with Crippen LogP contribution in [0.1, 0.15) is 19.8 Å². The first-order chi connectivity index (χ1) is 16.9. The number of rotatable bonds is 6. The number of fused-ring (bicyclic) bond motifs is 3. The maximum absolute atomic E-state index is 13.2. The lowest BCUT2D eigenvalue weighted by atomic mass is 9.98. The van der Waals surface area contributed by atoms with Crippen LogP contribution in [0.15, 0.2) is 71.6 Å². The summed E-state index contributed by atoms with van der Waals surface area (Å²) in [5.41, 5.74) is 3.01. The number of carbonyl (C=O) groups excluding carboxylic acids is 1. The number of carbonyl (C=O) groups is 1. The zero-order valence-electron chi connectivity index (χ0n) is 19.9. The molecule has 8 heteroatoms. The van der Waals surface area contributed by atoms with E-state index in [1.807, 2.05) is 30.3 Å². The summed E-state index contributed by atoms with van der Waals surface area (Å²) in [5.74, 6) is 0.0292.